The number of nitrogens with zero attached hydrogens (tertiary/aromatic N) is 3. The molecule has 2 amide bonds. The first-order valence-electron chi connectivity index (χ1n) is 10.8. The molecule has 0 aliphatic carbocycles. The topological polar surface area (TPSA) is 76.5 Å². The summed E-state index contributed by atoms with van der Waals surface area (Å²) in [4.78, 5) is 33.1. The van der Waals surface area contributed by atoms with E-state index in [0.717, 1.165) is 10.9 Å². The Labute approximate surface area is 196 Å². The number of fused-ring (bicyclic) bond motifs is 1. The maximum absolute atomic E-state index is 13.3. The largest absolute Gasteiger partial charge is 0.383 e. The molecule has 1 N–H and O–H groups in total. The SMILES string of the molecule is CCCn1c(C(CC)N(CCOC)C(=O)Nc2ccc(Br)cc2)nc2ccccc2c1=O. The average Bonchev–Trinajstić information content (AvgIpc) is 2.80. The molecule has 0 radical (unpaired) electrons. The van der Waals surface area contributed by atoms with Crippen molar-refractivity contribution in [2.75, 3.05) is 25.6 Å². The summed E-state index contributed by atoms with van der Waals surface area (Å²) in [5.74, 6) is 0.597. The van der Waals surface area contributed by atoms with Crippen LogP contribution in [0, 0.1) is 0 Å². The minimum Gasteiger partial charge on any atom is -0.383 e. The molecule has 0 saturated carbocycles. The lowest BCUT2D eigenvalue weighted by molar-refractivity contribution is 0.130. The van der Waals surface area contributed by atoms with E-state index in [2.05, 4.69) is 21.2 Å². The number of benzene rings is 2. The van der Waals surface area contributed by atoms with E-state index >= 15 is 0 Å². The Balaban J connectivity index is 2.05. The van der Waals surface area contributed by atoms with Crippen LogP contribution in [0.2, 0.25) is 0 Å². The molecule has 0 aliphatic heterocycles. The zero-order chi connectivity index (χ0) is 23.1. The second kappa shape index (κ2) is 11.2. The third-order valence-corrected chi connectivity index (χ3v) is 5.82. The number of urea groups is 1. The number of nitrogens with one attached hydrogen (secondary N) is 1. The summed E-state index contributed by atoms with van der Waals surface area (Å²) in [6, 6.07) is 14.1. The first-order chi connectivity index (χ1) is 15.5. The minimum absolute atomic E-state index is 0.0779. The number of rotatable bonds is 9. The zero-order valence-electron chi connectivity index (χ0n) is 18.7. The number of hydrogen-bond acceptors (Lipinski definition) is 4. The van der Waals surface area contributed by atoms with Gasteiger partial charge in [-0.2, -0.15) is 0 Å². The van der Waals surface area contributed by atoms with Crippen LogP contribution in [0.3, 0.4) is 0 Å². The van der Waals surface area contributed by atoms with Gasteiger partial charge in [0.05, 0.1) is 23.6 Å². The number of methoxy groups -OCH3 is 1. The zero-order valence-corrected chi connectivity index (χ0v) is 20.3. The second-order valence-corrected chi connectivity index (χ2v) is 8.41. The fourth-order valence-electron chi connectivity index (χ4n) is 3.74. The minimum atomic E-state index is -0.385. The van der Waals surface area contributed by atoms with Gasteiger partial charge >= 0.3 is 6.03 Å². The molecule has 170 valence electrons. The number of anilines is 1. The number of carbonyl (C=O) groups is 1. The molecule has 0 fully saturated rings. The number of carbonyl (C=O) groups excluding carboxylic acids is 1. The Kier molecular flexibility index (Phi) is 8.41. The van der Waals surface area contributed by atoms with Gasteiger partial charge in [0, 0.05) is 30.4 Å². The number of ether oxygens (including phenoxy) is 1. The van der Waals surface area contributed by atoms with Crippen molar-refractivity contribution in [2.45, 2.75) is 39.3 Å². The van der Waals surface area contributed by atoms with Crippen molar-refractivity contribution in [3.63, 3.8) is 0 Å². The third-order valence-electron chi connectivity index (χ3n) is 5.29. The van der Waals surface area contributed by atoms with Crippen LogP contribution in [0.15, 0.2) is 57.8 Å². The Hall–Kier alpha value is -2.71. The lowest BCUT2D eigenvalue weighted by atomic mass is 10.1. The van der Waals surface area contributed by atoms with Crippen LogP contribution in [0.5, 0.6) is 0 Å². The van der Waals surface area contributed by atoms with E-state index in [0.29, 0.717) is 48.5 Å². The van der Waals surface area contributed by atoms with Crippen LogP contribution >= 0.6 is 15.9 Å². The molecule has 1 unspecified atom stereocenters. The Bertz CT molecular complexity index is 1110. The summed E-state index contributed by atoms with van der Waals surface area (Å²) < 4.78 is 7.92. The highest BCUT2D eigenvalue weighted by atomic mass is 79.9. The van der Waals surface area contributed by atoms with Gasteiger partial charge in [-0.3, -0.25) is 9.36 Å². The molecule has 32 heavy (non-hydrogen) atoms. The number of amides is 2. The van der Waals surface area contributed by atoms with E-state index in [1.54, 1.807) is 22.6 Å². The molecule has 2 aromatic carbocycles. The normalized spacial score (nSPS) is 12.0. The van der Waals surface area contributed by atoms with Crippen LogP contribution in [0.25, 0.3) is 10.9 Å². The molecule has 8 heteroatoms. The van der Waals surface area contributed by atoms with Gasteiger partial charge in [0.1, 0.15) is 5.82 Å². The van der Waals surface area contributed by atoms with E-state index in [4.69, 9.17) is 9.72 Å². The van der Waals surface area contributed by atoms with Crippen LogP contribution < -0.4 is 10.9 Å². The quantitative estimate of drug-likeness (QED) is 0.437. The number of hydrogen-bond donors (Lipinski definition) is 1. The fraction of sp³-hybridized carbons (Fsp3) is 0.375. The molecule has 1 aromatic heterocycles. The standard InChI is InChI=1S/C24H29BrN4O3/c1-4-14-29-22(27-20-9-7-6-8-19(20)23(29)30)21(5-2)28(15-16-32-3)24(31)26-18-12-10-17(25)11-13-18/h6-13,21H,4-5,14-16H2,1-3H3,(H,26,31). The Morgan fingerprint density at radius 3 is 2.56 bits per heavy atom. The highest BCUT2D eigenvalue weighted by Crippen LogP contribution is 2.25. The van der Waals surface area contributed by atoms with E-state index in [-0.39, 0.29) is 17.6 Å². The molecule has 0 aliphatic rings. The molecule has 3 aromatic rings. The van der Waals surface area contributed by atoms with Crippen molar-refractivity contribution < 1.29 is 9.53 Å². The molecule has 0 saturated heterocycles. The smallest absolute Gasteiger partial charge is 0.322 e. The predicted molar refractivity (Wildman–Crippen MR) is 131 cm³/mol. The number of halogens is 1. The van der Waals surface area contributed by atoms with Crippen LogP contribution in [0.4, 0.5) is 10.5 Å². The van der Waals surface area contributed by atoms with Crippen molar-refractivity contribution >= 4 is 38.6 Å². The van der Waals surface area contributed by atoms with Crippen LogP contribution in [-0.2, 0) is 11.3 Å². The van der Waals surface area contributed by atoms with Crippen molar-refractivity contribution in [3.05, 3.63) is 69.2 Å². The molecular formula is C24H29BrN4O3. The van der Waals surface area contributed by atoms with Gasteiger partial charge in [-0.1, -0.05) is 41.9 Å². The van der Waals surface area contributed by atoms with Gasteiger partial charge in [-0.25, -0.2) is 9.78 Å². The van der Waals surface area contributed by atoms with Crippen LogP contribution in [0.1, 0.15) is 38.6 Å². The van der Waals surface area contributed by atoms with E-state index in [1.165, 1.54) is 0 Å². The third kappa shape index (κ3) is 5.37. The van der Waals surface area contributed by atoms with Gasteiger partial charge in [0.2, 0.25) is 0 Å². The first-order valence-corrected chi connectivity index (χ1v) is 11.6. The lowest BCUT2D eigenvalue weighted by Gasteiger charge is -2.32. The fourth-order valence-corrected chi connectivity index (χ4v) is 4.00. The molecule has 1 heterocycles. The highest BCUT2D eigenvalue weighted by molar-refractivity contribution is 9.10. The number of aromatic nitrogens is 2. The highest BCUT2D eigenvalue weighted by Gasteiger charge is 2.28. The van der Waals surface area contributed by atoms with E-state index < -0.39 is 0 Å². The van der Waals surface area contributed by atoms with E-state index in [9.17, 15) is 9.59 Å². The van der Waals surface area contributed by atoms with Crippen molar-refractivity contribution in [1.82, 2.24) is 14.5 Å². The van der Waals surface area contributed by atoms with E-state index in [1.807, 2.05) is 56.3 Å². The summed E-state index contributed by atoms with van der Waals surface area (Å²) in [6.45, 7) is 5.29. The number of para-hydroxylation sites is 1. The van der Waals surface area contributed by atoms with Gasteiger partial charge < -0.3 is 15.0 Å². The van der Waals surface area contributed by atoms with Crippen molar-refractivity contribution in [1.29, 1.82) is 0 Å². The Morgan fingerprint density at radius 1 is 1.19 bits per heavy atom. The molecule has 1 atom stereocenters. The molecular weight excluding hydrogens is 472 g/mol. The summed E-state index contributed by atoms with van der Waals surface area (Å²) in [7, 11) is 1.60. The Morgan fingerprint density at radius 2 is 1.91 bits per heavy atom. The van der Waals surface area contributed by atoms with Gasteiger partial charge in [-0.15, -0.1) is 0 Å². The van der Waals surface area contributed by atoms with Gasteiger partial charge in [0.25, 0.3) is 5.56 Å². The van der Waals surface area contributed by atoms with Crippen molar-refractivity contribution in [3.8, 4) is 0 Å². The first kappa shape index (κ1) is 23.9. The lowest BCUT2D eigenvalue weighted by Crippen LogP contribution is -2.42. The molecule has 7 nitrogen and oxygen atoms in total. The maximum atomic E-state index is 13.3. The summed E-state index contributed by atoms with van der Waals surface area (Å²) in [5, 5.41) is 3.55. The molecule has 0 bridgehead atoms. The maximum Gasteiger partial charge on any atom is 0.322 e. The summed E-state index contributed by atoms with van der Waals surface area (Å²) >= 11 is 3.41. The van der Waals surface area contributed by atoms with Gasteiger partial charge in [0.15, 0.2) is 0 Å². The van der Waals surface area contributed by atoms with Gasteiger partial charge in [-0.05, 0) is 49.2 Å². The monoisotopic (exact) mass is 500 g/mol. The van der Waals surface area contributed by atoms with Crippen LogP contribution in [-0.4, -0.2) is 40.7 Å². The second-order valence-electron chi connectivity index (χ2n) is 7.49. The predicted octanol–water partition coefficient (Wildman–Crippen LogP) is 5.20. The summed E-state index contributed by atoms with van der Waals surface area (Å²) in [6.07, 6.45) is 1.39. The average molecular weight is 501 g/mol. The summed E-state index contributed by atoms with van der Waals surface area (Å²) in [5.41, 5.74) is 1.25. The molecule has 0 spiro atoms. The van der Waals surface area contributed by atoms with Crippen molar-refractivity contribution in [2.24, 2.45) is 0 Å². The molecule has 3 rings (SSSR count).